The lowest BCUT2D eigenvalue weighted by molar-refractivity contribution is 0.1000. The lowest BCUT2D eigenvalue weighted by Crippen LogP contribution is -2.19. The molecule has 1 aliphatic heterocycles. The molecule has 0 radical (unpaired) electrons. The Balaban J connectivity index is 0.000000170. The molecule has 4 aromatic rings. The highest BCUT2D eigenvalue weighted by Crippen LogP contribution is 2.36. The summed E-state index contributed by atoms with van der Waals surface area (Å²) in [4.78, 5) is 39.4. The smallest absolute Gasteiger partial charge is 0.261 e. The average molecular weight is 695 g/mol. The number of ether oxygens (including phenoxy) is 1. The minimum atomic E-state index is -0.514. The third kappa shape index (κ3) is 8.99. The van der Waals surface area contributed by atoms with Gasteiger partial charge in [-0.3, -0.25) is 9.59 Å². The molecule has 48 heavy (non-hydrogen) atoms. The van der Waals surface area contributed by atoms with E-state index < -0.39 is 11.4 Å². The number of halogens is 1. The van der Waals surface area contributed by atoms with Crippen LogP contribution in [0.2, 0.25) is 0 Å². The third-order valence-corrected chi connectivity index (χ3v) is 12.4. The molecule has 2 aromatic heterocycles. The molecule has 5 N–H and O–H groups in total. The number of aromatic nitrogens is 4. The predicted molar refractivity (Wildman–Crippen MR) is 197 cm³/mol. The van der Waals surface area contributed by atoms with Crippen molar-refractivity contribution in [3.05, 3.63) is 74.1 Å². The van der Waals surface area contributed by atoms with Gasteiger partial charge in [0.25, 0.3) is 11.1 Å². The highest BCUT2D eigenvalue weighted by molar-refractivity contribution is 7.99. The fraction of sp³-hybridized carbons (Fsp3) is 0.556. The number of aryl methyl sites for hydroxylation is 1. The first-order valence-corrected chi connectivity index (χ1v) is 19.4. The van der Waals surface area contributed by atoms with Crippen molar-refractivity contribution in [2.45, 2.75) is 99.2 Å². The number of para-hydroxylation sites is 1. The van der Waals surface area contributed by atoms with Gasteiger partial charge in [0, 0.05) is 35.4 Å². The monoisotopic (exact) mass is 694 g/mol. The number of hydrogen-bond donors (Lipinski definition) is 4. The molecule has 1 saturated heterocycles. The summed E-state index contributed by atoms with van der Waals surface area (Å²) in [6.07, 6.45) is 11.6. The second-order valence-corrected chi connectivity index (χ2v) is 15.9. The fourth-order valence-electron chi connectivity index (χ4n) is 7.06. The van der Waals surface area contributed by atoms with E-state index in [-0.39, 0.29) is 10.9 Å². The lowest BCUT2D eigenvalue weighted by atomic mass is 10.1. The first-order valence-electron chi connectivity index (χ1n) is 17.3. The number of rotatable bonds is 10. The Hall–Kier alpha value is -2.93. The molecule has 3 fully saturated rings. The van der Waals surface area contributed by atoms with Crippen molar-refractivity contribution in [1.82, 2.24) is 19.9 Å². The van der Waals surface area contributed by atoms with Crippen molar-refractivity contribution in [3.8, 4) is 0 Å². The summed E-state index contributed by atoms with van der Waals surface area (Å²) in [5.41, 5.74) is 8.24. The number of anilines is 1. The van der Waals surface area contributed by atoms with Gasteiger partial charge >= 0.3 is 0 Å². The van der Waals surface area contributed by atoms with Crippen molar-refractivity contribution in [2.24, 2.45) is 11.7 Å². The standard InChI is InChI=1S/C19H24FN3O2S.C17H23N3OS/c20-15-9-13(21-12-3-1-2-4-12)10-16-18(15)19(24)23-17(22-16)11-26-14-5-7-25-8-6-14;1-11-3-2-4-14-16(11)19-15(20-17(14)21)10-22-13-6-5-12(9-13)7-8-18/h9-10,12,14,21H,1-8,11H2,(H,22,23,24);2-4,12-13H,5-10,18H2,1H3,(H,19,20,21)/t;12-,13+/m.1/s1. The van der Waals surface area contributed by atoms with E-state index in [2.05, 4.69) is 25.3 Å². The minimum Gasteiger partial charge on any atom is -0.382 e. The zero-order valence-corrected chi connectivity index (χ0v) is 29.3. The molecule has 3 aliphatic rings. The average Bonchev–Trinajstić information content (AvgIpc) is 3.76. The molecule has 7 rings (SSSR count). The highest BCUT2D eigenvalue weighted by atomic mass is 32.2. The van der Waals surface area contributed by atoms with Crippen LogP contribution in [0.4, 0.5) is 10.1 Å². The molecule has 0 bridgehead atoms. The Bertz CT molecular complexity index is 1800. The summed E-state index contributed by atoms with van der Waals surface area (Å²) in [5, 5.41) is 5.31. The molecule has 2 aromatic carbocycles. The number of benzene rings is 2. The van der Waals surface area contributed by atoms with Crippen LogP contribution in [0, 0.1) is 18.7 Å². The van der Waals surface area contributed by atoms with Crippen molar-refractivity contribution >= 4 is 51.0 Å². The Kier molecular flexibility index (Phi) is 12.1. The van der Waals surface area contributed by atoms with Crippen molar-refractivity contribution in [1.29, 1.82) is 0 Å². The molecule has 0 spiro atoms. The number of nitrogens with zero attached hydrogens (tertiary/aromatic N) is 2. The molecular weight excluding hydrogens is 648 g/mol. The van der Waals surface area contributed by atoms with Crippen molar-refractivity contribution < 1.29 is 9.13 Å². The van der Waals surface area contributed by atoms with Gasteiger partial charge in [0.2, 0.25) is 0 Å². The van der Waals surface area contributed by atoms with Gasteiger partial charge in [-0.05, 0) is 94.5 Å². The topological polar surface area (TPSA) is 139 Å². The molecule has 3 heterocycles. The summed E-state index contributed by atoms with van der Waals surface area (Å²) in [6.45, 7) is 4.38. The highest BCUT2D eigenvalue weighted by Gasteiger charge is 2.24. The summed E-state index contributed by atoms with van der Waals surface area (Å²) < 4.78 is 19.8. The van der Waals surface area contributed by atoms with Crippen LogP contribution >= 0.6 is 23.5 Å². The number of hydrogen-bond acceptors (Lipinski definition) is 9. The van der Waals surface area contributed by atoms with Crippen LogP contribution in [-0.4, -0.2) is 56.2 Å². The van der Waals surface area contributed by atoms with Crippen LogP contribution < -0.4 is 22.2 Å². The second kappa shape index (κ2) is 16.7. The summed E-state index contributed by atoms with van der Waals surface area (Å²) in [6, 6.07) is 9.33. The molecule has 0 unspecified atom stereocenters. The van der Waals surface area contributed by atoms with Gasteiger partial charge in [-0.2, -0.15) is 23.5 Å². The van der Waals surface area contributed by atoms with Crippen LogP contribution in [0.1, 0.15) is 81.4 Å². The van der Waals surface area contributed by atoms with Crippen LogP contribution in [0.25, 0.3) is 21.8 Å². The first kappa shape index (κ1) is 34.9. The van der Waals surface area contributed by atoms with Gasteiger partial charge in [-0.25, -0.2) is 14.4 Å². The van der Waals surface area contributed by atoms with E-state index in [1.807, 2.05) is 36.9 Å². The van der Waals surface area contributed by atoms with E-state index in [1.165, 1.54) is 38.2 Å². The predicted octanol–water partition coefficient (Wildman–Crippen LogP) is 6.81. The van der Waals surface area contributed by atoms with Crippen molar-refractivity contribution in [2.75, 3.05) is 25.1 Å². The van der Waals surface area contributed by atoms with Gasteiger partial charge in [-0.15, -0.1) is 0 Å². The maximum absolute atomic E-state index is 14.5. The third-order valence-electron chi connectivity index (χ3n) is 9.67. The van der Waals surface area contributed by atoms with Crippen LogP contribution in [-0.2, 0) is 16.2 Å². The van der Waals surface area contributed by atoms with E-state index in [0.717, 1.165) is 80.4 Å². The molecule has 9 nitrogen and oxygen atoms in total. The number of nitrogens with two attached hydrogens (primary N) is 1. The Morgan fingerprint density at radius 1 is 0.938 bits per heavy atom. The van der Waals surface area contributed by atoms with Gasteiger partial charge < -0.3 is 25.8 Å². The normalized spacial score (nSPS) is 20.3. The van der Waals surface area contributed by atoms with E-state index in [0.29, 0.717) is 44.7 Å². The molecule has 258 valence electrons. The van der Waals surface area contributed by atoms with Gasteiger partial charge in [-0.1, -0.05) is 25.0 Å². The Labute approximate surface area is 289 Å². The second-order valence-electron chi connectivity index (χ2n) is 13.3. The zero-order chi connectivity index (χ0) is 33.5. The van der Waals surface area contributed by atoms with Gasteiger partial charge in [0.15, 0.2) is 0 Å². The Morgan fingerprint density at radius 2 is 1.67 bits per heavy atom. The summed E-state index contributed by atoms with van der Waals surface area (Å²) >= 11 is 3.70. The quantitative estimate of drug-likeness (QED) is 0.141. The Morgan fingerprint density at radius 3 is 2.44 bits per heavy atom. The summed E-state index contributed by atoms with van der Waals surface area (Å²) in [5.74, 6) is 3.07. The SMILES string of the molecule is Cc1cccc2c(=O)[nH]c(CS[C@H]3CC[C@H](CCN)C3)nc12.O=c1[nH]c(CSC2CCOCC2)nc2cc(NC3CCCC3)cc(F)c12. The van der Waals surface area contributed by atoms with Gasteiger partial charge in [0.05, 0.1) is 27.9 Å². The van der Waals surface area contributed by atoms with Crippen molar-refractivity contribution in [3.63, 3.8) is 0 Å². The maximum Gasteiger partial charge on any atom is 0.261 e. The molecular formula is C36H47FN6O3S2. The molecule has 12 heteroatoms. The lowest BCUT2D eigenvalue weighted by Gasteiger charge is -2.21. The van der Waals surface area contributed by atoms with Crippen LogP contribution in [0.5, 0.6) is 0 Å². The number of thioether (sulfide) groups is 2. The zero-order valence-electron chi connectivity index (χ0n) is 27.7. The van der Waals surface area contributed by atoms with E-state index >= 15 is 0 Å². The fourth-order valence-corrected chi connectivity index (χ4v) is 9.36. The number of aromatic amines is 2. The molecule has 2 atom stereocenters. The molecule has 0 amide bonds. The van der Waals surface area contributed by atoms with E-state index in [1.54, 1.807) is 17.8 Å². The summed E-state index contributed by atoms with van der Waals surface area (Å²) in [7, 11) is 0. The largest absolute Gasteiger partial charge is 0.382 e. The number of H-pyrrole nitrogens is 2. The van der Waals surface area contributed by atoms with E-state index in [9.17, 15) is 14.0 Å². The van der Waals surface area contributed by atoms with Crippen LogP contribution in [0.15, 0.2) is 39.9 Å². The molecule has 2 aliphatic carbocycles. The van der Waals surface area contributed by atoms with Gasteiger partial charge in [0.1, 0.15) is 22.9 Å². The minimum absolute atomic E-state index is 0.0308. The molecule has 2 saturated carbocycles. The van der Waals surface area contributed by atoms with Crippen LogP contribution in [0.3, 0.4) is 0 Å². The van der Waals surface area contributed by atoms with E-state index in [4.69, 9.17) is 10.5 Å². The number of fused-ring (bicyclic) bond motifs is 2. The first-order chi connectivity index (χ1) is 23.4. The number of nitrogens with one attached hydrogen (secondary N) is 3. The maximum atomic E-state index is 14.5.